The number of carbonyl (C=O) groups is 1. The zero-order valence-electron chi connectivity index (χ0n) is 11.7. The fourth-order valence-corrected chi connectivity index (χ4v) is 2.70. The molecule has 2 aromatic carbocycles. The van der Waals surface area contributed by atoms with Crippen LogP contribution in [0.15, 0.2) is 36.4 Å². The first-order chi connectivity index (χ1) is 10.2. The van der Waals surface area contributed by atoms with Gasteiger partial charge in [-0.25, -0.2) is 0 Å². The molecular weight excluding hydrogens is 288 g/mol. The summed E-state index contributed by atoms with van der Waals surface area (Å²) in [6, 6.07) is 11.0. The third-order valence-electron chi connectivity index (χ3n) is 3.64. The summed E-state index contributed by atoms with van der Waals surface area (Å²) in [5, 5.41) is 0.598. The number of hydrogen-bond acceptors (Lipinski definition) is 3. The fourth-order valence-electron chi connectivity index (χ4n) is 2.51. The highest BCUT2D eigenvalue weighted by atomic mass is 35.5. The van der Waals surface area contributed by atoms with Crippen LogP contribution >= 0.6 is 11.6 Å². The van der Waals surface area contributed by atoms with E-state index in [1.807, 2.05) is 18.2 Å². The van der Waals surface area contributed by atoms with E-state index >= 15 is 0 Å². The first kappa shape index (κ1) is 14.1. The molecule has 3 nitrogen and oxygen atoms in total. The molecule has 0 fully saturated rings. The minimum absolute atomic E-state index is 0.0465. The second-order valence-corrected chi connectivity index (χ2v) is 5.47. The van der Waals surface area contributed by atoms with E-state index in [2.05, 4.69) is 0 Å². The Kier molecular flexibility index (Phi) is 3.95. The van der Waals surface area contributed by atoms with Gasteiger partial charge in [-0.15, -0.1) is 0 Å². The number of carbonyl (C=O) groups excluding carboxylic acids is 1. The van der Waals surface area contributed by atoms with E-state index < -0.39 is 0 Å². The van der Waals surface area contributed by atoms with Crippen molar-refractivity contribution in [3.8, 4) is 5.75 Å². The summed E-state index contributed by atoms with van der Waals surface area (Å²) in [6.45, 7) is 1.21. The van der Waals surface area contributed by atoms with Gasteiger partial charge in [-0.2, -0.15) is 0 Å². The molecule has 0 atom stereocenters. The van der Waals surface area contributed by atoms with Gasteiger partial charge in [-0.1, -0.05) is 23.7 Å². The van der Waals surface area contributed by atoms with Gasteiger partial charge < -0.3 is 9.47 Å². The molecule has 1 aliphatic rings. The topological polar surface area (TPSA) is 35.5 Å². The summed E-state index contributed by atoms with van der Waals surface area (Å²) in [6.07, 6.45) is 0.267. The zero-order chi connectivity index (χ0) is 14.8. The van der Waals surface area contributed by atoms with Crippen molar-refractivity contribution in [1.29, 1.82) is 0 Å². The van der Waals surface area contributed by atoms with Crippen LogP contribution < -0.4 is 4.74 Å². The zero-order valence-corrected chi connectivity index (χ0v) is 12.4. The third kappa shape index (κ3) is 2.94. The summed E-state index contributed by atoms with van der Waals surface area (Å²) in [5.41, 5.74) is 3.75. The molecule has 0 saturated heterocycles. The molecule has 0 saturated carbocycles. The Morgan fingerprint density at radius 3 is 2.81 bits per heavy atom. The lowest BCUT2D eigenvalue weighted by Crippen LogP contribution is -2.06. The Hall–Kier alpha value is -1.84. The van der Waals surface area contributed by atoms with E-state index in [1.54, 1.807) is 25.3 Å². The van der Waals surface area contributed by atoms with Gasteiger partial charge in [0.25, 0.3) is 0 Å². The predicted molar refractivity (Wildman–Crippen MR) is 81.0 cm³/mol. The Labute approximate surface area is 128 Å². The molecule has 0 spiro atoms. The van der Waals surface area contributed by atoms with Crippen molar-refractivity contribution in [1.82, 2.24) is 0 Å². The fraction of sp³-hybridized carbons (Fsp3) is 0.235. The third-order valence-corrected chi connectivity index (χ3v) is 3.87. The molecule has 0 bridgehead atoms. The molecule has 21 heavy (non-hydrogen) atoms. The molecule has 3 rings (SSSR count). The van der Waals surface area contributed by atoms with Crippen molar-refractivity contribution < 1.29 is 14.3 Å². The SMILES string of the molecule is COc1ccc(Cl)cc1CC(=O)c1ccc2c(c1)COC2. The van der Waals surface area contributed by atoms with Crippen LogP contribution in [0.4, 0.5) is 0 Å². The number of halogens is 1. The molecule has 108 valence electrons. The van der Waals surface area contributed by atoms with E-state index in [4.69, 9.17) is 21.1 Å². The molecule has 0 amide bonds. The molecule has 1 heterocycles. The van der Waals surface area contributed by atoms with Gasteiger partial charge in [0.05, 0.1) is 20.3 Å². The van der Waals surface area contributed by atoms with E-state index in [9.17, 15) is 4.79 Å². The average Bonchev–Trinajstić information content (AvgIpc) is 2.94. The number of rotatable bonds is 4. The van der Waals surface area contributed by atoms with Crippen LogP contribution in [0.3, 0.4) is 0 Å². The Morgan fingerprint density at radius 2 is 2.00 bits per heavy atom. The lowest BCUT2D eigenvalue weighted by Gasteiger charge is -2.09. The molecule has 0 radical (unpaired) electrons. The maximum absolute atomic E-state index is 12.5. The number of ketones is 1. The second-order valence-electron chi connectivity index (χ2n) is 5.03. The first-order valence-corrected chi connectivity index (χ1v) is 7.10. The van der Waals surface area contributed by atoms with Gasteiger partial charge in [0.1, 0.15) is 5.75 Å². The van der Waals surface area contributed by atoms with Crippen LogP contribution in [-0.2, 0) is 24.4 Å². The average molecular weight is 303 g/mol. The second kappa shape index (κ2) is 5.88. The maximum Gasteiger partial charge on any atom is 0.167 e. The van der Waals surface area contributed by atoms with Gasteiger partial charge >= 0.3 is 0 Å². The molecule has 2 aromatic rings. The highest BCUT2D eigenvalue weighted by molar-refractivity contribution is 6.30. The summed E-state index contributed by atoms with van der Waals surface area (Å²) < 4.78 is 10.7. The monoisotopic (exact) mass is 302 g/mol. The lowest BCUT2D eigenvalue weighted by molar-refractivity contribution is 0.0992. The molecule has 0 unspecified atom stereocenters. The number of hydrogen-bond donors (Lipinski definition) is 0. The van der Waals surface area contributed by atoms with Gasteiger partial charge in [0, 0.05) is 22.6 Å². The highest BCUT2D eigenvalue weighted by Crippen LogP contribution is 2.25. The predicted octanol–water partition coefficient (Wildman–Crippen LogP) is 3.80. The van der Waals surface area contributed by atoms with Gasteiger partial charge in [-0.05, 0) is 35.4 Å². The standard InChI is InChI=1S/C17H15ClO3/c1-20-17-5-4-15(18)7-13(17)8-16(19)11-2-3-12-9-21-10-14(12)6-11/h2-7H,8-10H2,1H3. The van der Waals surface area contributed by atoms with Crippen molar-refractivity contribution >= 4 is 17.4 Å². The van der Waals surface area contributed by atoms with Crippen LogP contribution in [0.25, 0.3) is 0 Å². The molecule has 4 heteroatoms. The van der Waals surface area contributed by atoms with Crippen LogP contribution in [0.2, 0.25) is 5.02 Å². The highest BCUT2D eigenvalue weighted by Gasteiger charge is 2.16. The molecular formula is C17H15ClO3. The van der Waals surface area contributed by atoms with Crippen molar-refractivity contribution in [2.24, 2.45) is 0 Å². The van der Waals surface area contributed by atoms with E-state index in [0.29, 0.717) is 29.5 Å². The first-order valence-electron chi connectivity index (χ1n) is 6.72. The molecule has 0 aliphatic carbocycles. The number of Topliss-reactive ketones (excluding diaryl/α,β-unsaturated/α-hetero) is 1. The minimum atomic E-state index is 0.0465. The van der Waals surface area contributed by atoms with Crippen LogP contribution in [-0.4, -0.2) is 12.9 Å². The Balaban J connectivity index is 1.85. The summed E-state index contributed by atoms with van der Waals surface area (Å²) >= 11 is 6.00. The Morgan fingerprint density at radius 1 is 1.19 bits per heavy atom. The molecule has 1 aliphatic heterocycles. The number of methoxy groups -OCH3 is 1. The smallest absolute Gasteiger partial charge is 0.167 e. The van der Waals surface area contributed by atoms with Crippen molar-refractivity contribution in [3.05, 3.63) is 63.7 Å². The minimum Gasteiger partial charge on any atom is -0.496 e. The largest absolute Gasteiger partial charge is 0.496 e. The number of fused-ring (bicyclic) bond motifs is 1. The Bertz CT molecular complexity index is 694. The molecule has 0 N–H and O–H groups in total. The van der Waals surface area contributed by atoms with Gasteiger partial charge in [-0.3, -0.25) is 4.79 Å². The summed E-state index contributed by atoms with van der Waals surface area (Å²) in [7, 11) is 1.59. The maximum atomic E-state index is 12.5. The van der Waals surface area contributed by atoms with Crippen molar-refractivity contribution in [2.45, 2.75) is 19.6 Å². The molecule has 0 aromatic heterocycles. The number of benzene rings is 2. The summed E-state index contributed by atoms with van der Waals surface area (Å²) in [5.74, 6) is 0.725. The van der Waals surface area contributed by atoms with E-state index in [0.717, 1.165) is 16.7 Å². The lowest BCUT2D eigenvalue weighted by atomic mass is 9.99. The van der Waals surface area contributed by atoms with Crippen LogP contribution in [0.5, 0.6) is 5.75 Å². The normalized spacial score (nSPS) is 13.0. The van der Waals surface area contributed by atoms with Gasteiger partial charge in [0.2, 0.25) is 0 Å². The van der Waals surface area contributed by atoms with Gasteiger partial charge in [0.15, 0.2) is 5.78 Å². The quantitative estimate of drug-likeness (QED) is 0.806. The van der Waals surface area contributed by atoms with E-state index in [-0.39, 0.29) is 12.2 Å². The van der Waals surface area contributed by atoms with Crippen LogP contribution in [0, 0.1) is 0 Å². The van der Waals surface area contributed by atoms with Crippen LogP contribution in [0.1, 0.15) is 27.0 Å². The van der Waals surface area contributed by atoms with Crippen molar-refractivity contribution in [3.63, 3.8) is 0 Å². The van der Waals surface area contributed by atoms with Crippen molar-refractivity contribution in [2.75, 3.05) is 7.11 Å². The number of ether oxygens (including phenoxy) is 2. The summed E-state index contributed by atoms with van der Waals surface area (Å²) in [4.78, 5) is 12.5. The van der Waals surface area contributed by atoms with E-state index in [1.165, 1.54) is 0 Å².